The largest absolute Gasteiger partial charge is 0.342 e. The Bertz CT molecular complexity index is 606. The van der Waals surface area contributed by atoms with Crippen LogP contribution in [-0.2, 0) is 0 Å². The van der Waals surface area contributed by atoms with Gasteiger partial charge in [0.25, 0.3) is 0 Å². The van der Waals surface area contributed by atoms with Crippen molar-refractivity contribution in [1.29, 1.82) is 0 Å². The van der Waals surface area contributed by atoms with Gasteiger partial charge in [-0.1, -0.05) is 35.2 Å². The van der Waals surface area contributed by atoms with Crippen LogP contribution in [0, 0.1) is 12.8 Å². The van der Waals surface area contributed by atoms with Crippen molar-refractivity contribution in [3.05, 3.63) is 27.7 Å². The van der Waals surface area contributed by atoms with Crippen LogP contribution in [0.15, 0.2) is 21.7 Å². The Morgan fingerprint density at radius 1 is 1.29 bits per heavy atom. The summed E-state index contributed by atoms with van der Waals surface area (Å²) in [4.78, 5) is 12.1. The third-order valence-electron chi connectivity index (χ3n) is 4.36. The molecule has 1 fully saturated rings. The number of nitrogens with zero attached hydrogens (tertiary/aromatic N) is 2. The monoisotopic (exact) mass is 349 g/mol. The number of anilines is 1. The molecule has 1 aromatic rings. The van der Waals surface area contributed by atoms with Crippen LogP contribution in [0.3, 0.4) is 0 Å². The minimum atomic E-state index is -0.177. The molecule has 1 aliphatic heterocycles. The first-order chi connectivity index (χ1) is 10.1. The molecule has 1 heterocycles. The lowest BCUT2D eigenvalue weighted by Gasteiger charge is -2.24. The molecular formula is C16H20BrN3O. The van der Waals surface area contributed by atoms with E-state index < -0.39 is 0 Å². The zero-order valence-corrected chi connectivity index (χ0v) is 14.0. The summed E-state index contributed by atoms with van der Waals surface area (Å²) in [7, 11) is 1.71. The fraction of sp³-hybridized carbons (Fsp3) is 0.500. The summed E-state index contributed by atoms with van der Waals surface area (Å²) in [5.41, 5.74) is 4.08. The first-order valence-corrected chi connectivity index (χ1v) is 8.29. The number of hydrogen-bond acceptors (Lipinski definition) is 2. The Labute approximate surface area is 133 Å². The van der Waals surface area contributed by atoms with Gasteiger partial charge in [-0.3, -0.25) is 0 Å². The zero-order chi connectivity index (χ0) is 15.0. The van der Waals surface area contributed by atoms with E-state index in [4.69, 9.17) is 0 Å². The highest BCUT2D eigenvalue weighted by Gasteiger charge is 2.27. The smallest absolute Gasteiger partial charge is 0.306 e. The molecule has 0 atom stereocenters. The normalized spacial score (nSPS) is 19.7. The molecular weight excluding hydrogens is 330 g/mol. The van der Waals surface area contributed by atoms with Gasteiger partial charge in [0.15, 0.2) is 0 Å². The predicted octanol–water partition coefficient (Wildman–Crippen LogP) is 4.52. The average molecular weight is 350 g/mol. The number of halogens is 1. The van der Waals surface area contributed by atoms with Crippen LogP contribution in [0.4, 0.5) is 10.5 Å². The first kappa shape index (κ1) is 14.6. The number of amides is 2. The molecule has 0 saturated heterocycles. The Morgan fingerprint density at radius 3 is 2.71 bits per heavy atom. The van der Waals surface area contributed by atoms with Gasteiger partial charge >= 0.3 is 6.03 Å². The van der Waals surface area contributed by atoms with Gasteiger partial charge in [0.2, 0.25) is 0 Å². The molecule has 2 amide bonds. The molecule has 112 valence electrons. The van der Waals surface area contributed by atoms with E-state index in [-0.39, 0.29) is 6.03 Å². The van der Waals surface area contributed by atoms with E-state index in [1.54, 1.807) is 7.05 Å². The number of fused-ring (bicyclic) bond motifs is 1. The van der Waals surface area contributed by atoms with E-state index >= 15 is 0 Å². The highest BCUT2D eigenvalue weighted by molar-refractivity contribution is 9.10. The van der Waals surface area contributed by atoms with E-state index in [2.05, 4.69) is 32.4 Å². The molecule has 0 radical (unpaired) electrons. The van der Waals surface area contributed by atoms with Gasteiger partial charge in [-0.25, -0.2) is 9.80 Å². The van der Waals surface area contributed by atoms with E-state index in [1.165, 1.54) is 24.3 Å². The maximum absolute atomic E-state index is 12.1. The fourth-order valence-corrected chi connectivity index (χ4v) is 3.47. The number of carbonyl (C=O) groups is 1. The van der Waals surface area contributed by atoms with Crippen molar-refractivity contribution in [2.45, 2.75) is 39.0 Å². The molecule has 0 bridgehead atoms. The van der Waals surface area contributed by atoms with Gasteiger partial charge in [0, 0.05) is 23.0 Å². The number of aryl methyl sites for hydroxylation is 1. The molecule has 0 spiro atoms. The minimum Gasteiger partial charge on any atom is -0.306 e. The number of nitrogens with one attached hydrogen (secondary N) is 1. The Balaban J connectivity index is 2.10. The maximum Gasteiger partial charge on any atom is 0.342 e. The number of rotatable bonds is 1. The maximum atomic E-state index is 12.1. The quantitative estimate of drug-likeness (QED) is 0.795. The summed E-state index contributed by atoms with van der Waals surface area (Å²) in [6.45, 7) is 2.03. The molecule has 1 aromatic carbocycles. The van der Waals surface area contributed by atoms with Crippen molar-refractivity contribution in [3.8, 4) is 0 Å². The van der Waals surface area contributed by atoms with Crippen molar-refractivity contribution in [3.63, 3.8) is 0 Å². The van der Waals surface area contributed by atoms with Crippen LogP contribution < -0.4 is 5.32 Å². The first-order valence-electron chi connectivity index (χ1n) is 7.50. The summed E-state index contributed by atoms with van der Waals surface area (Å²) in [6, 6.07) is 3.94. The Morgan fingerprint density at radius 2 is 2.00 bits per heavy atom. The Kier molecular flexibility index (Phi) is 4.02. The van der Waals surface area contributed by atoms with Crippen LogP contribution in [0.1, 0.15) is 43.2 Å². The topological polar surface area (TPSA) is 44.7 Å². The van der Waals surface area contributed by atoms with Gasteiger partial charge in [0.05, 0.1) is 11.4 Å². The van der Waals surface area contributed by atoms with Crippen molar-refractivity contribution in [1.82, 2.24) is 5.01 Å². The second-order valence-electron chi connectivity index (χ2n) is 5.92. The lowest BCUT2D eigenvalue weighted by molar-refractivity contribution is 0.224. The third-order valence-corrected chi connectivity index (χ3v) is 5.21. The van der Waals surface area contributed by atoms with Crippen molar-refractivity contribution < 1.29 is 4.79 Å². The number of benzene rings is 1. The SMILES string of the molecule is Cc1cc2c(cc1Br)C(C1CCCCC1)=NN(C)C(=O)N2. The van der Waals surface area contributed by atoms with Gasteiger partial charge in [0.1, 0.15) is 0 Å². The average Bonchev–Trinajstić information content (AvgIpc) is 2.59. The predicted molar refractivity (Wildman–Crippen MR) is 88.8 cm³/mol. The van der Waals surface area contributed by atoms with E-state index in [9.17, 15) is 4.79 Å². The third kappa shape index (κ3) is 2.84. The van der Waals surface area contributed by atoms with E-state index in [1.807, 2.05) is 13.0 Å². The fourth-order valence-electron chi connectivity index (χ4n) is 3.13. The molecule has 4 nitrogen and oxygen atoms in total. The van der Waals surface area contributed by atoms with Gasteiger partial charge in [-0.15, -0.1) is 0 Å². The van der Waals surface area contributed by atoms with Gasteiger partial charge < -0.3 is 5.32 Å². The molecule has 2 aliphatic rings. The summed E-state index contributed by atoms with van der Waals surface area (Å²) >= 11 is 3.60. The second-order valence-corrected chi connectivity index (χ2v) is 6.78. The molecule has 21 heavy (non-hydrogen) atoms. The molecule has 0 unspecified atom stereocenters. The van der Waals surface area contributed by atoms with E-state index in [0.29, 0.717) is 5.92 Å². The van der Waals surface area contributed by atoms with Crippen LogP contribution >= 0.6 is 15.9 Å². The number of urea groups is 1. The standard InChI is InChI=1S/C16H20BrN3O/c1-10-8-14-12(9-13(10)17)15(11-6-4-3-5-7-11)19-20(2)16(21)18-14/h8-9,11H,3-7H2,1-2H3,(H,18,21). The lowest BCUT2D eigenvalue weighted by atomic mass is 9.83. The number of hydrogen-bond donors (Lipinski definition) is 1. The summed E-state index contributed by atoms with van der Waals surface area (Å²) in [6.07, 6.45) is 6.12. The summed E-state index contributed by atoms with van der Waals surface area (Å²) < 4.78 is 1.06. The molecule has 1 N–H and O–H groups in total. The summed E-state index contributed by atoms with van der Waals surface area (Å²) in [5.74, 6) is 0.447. The van der Waals surface area contributed by atoms with Crippen molar-refractivity contribution in [2.75, 3.05) is 12.4 Å². The second kappa shape index (κ2) is 5.79. The van der Waals surface area contributed by atoms with Gasteiger partial charge in [-0.05, 0) is 37.5 Å². The van der Waals surface area contributed by atoms with Crippen LogP contribution in [0.5, 0.6) is 0 Å². The van der Waals surface area contributed by atoms with Crippen LogP contribution in [0.25, 0.3) is 0 Å². The highest BCUT2D eigenvalue weighted by atomic mass is 79.9. The molecule has 5 heteroatoms. The van der Waals surface area contributed by atoms with Crippen molar-refractivity contribution >= 4 is 33.4 Å². The molecule has 1 aliphatic carbocycles. The molecule has 0 aromatic heterocycles. The molecule has 1 saturated carbocycles. The zero-order valence-electron chi connectivity index (χ0n) is 12.4. The van der Waals surface area contributed by atoms with Crippen LogP contribution in [-0.4, -0.2) is 23.8 Å². The van der Waals surface area contributed by atoms with Gasteiger partial charge in [-0.2, -0.15) is 5.10 Å². The summed E-state index contributed by atoms with van der Waals surface area (Å²) in [5, 5.41) is 8.99. The highest BCUT2D eigenvalue weighted by Crippen LogP contribution is 2.34. The molecule has 3 rings (SSSR count). The minimum absolute atomic E-state index is 0.177. The Hall–Kier alpha value is -1.36. The van der Waals surface area contributed by atoms with Crippen molar-refractivity contribution in [2.24, 2.45) is 11.0 Å². The lowest BCUT2D eigenvalue weighted by Crippen LogP contribution is -2.26. The number of hydrazone groups is 1. The van der Waals surface area contributed by atoms with E-state index in [0.717, 1.165) is 39.8 Å². The van der Waals surface area contributed by atoms with Crippen LogP contribution in [0.2, 0.25) is 0 Å². The number of carbonyl (C=O) groups excluding carboxylic acids is 1.